The van der Waals surface area contributed by atoms with E-state index in [9.17, 15) is 9.90 Å². The van der Waals surface area contributed by atoms with Crippen LogP contribution in [0.15, 0.2) is 77.2 Å². The smallest absolute Gasteiger partial charge is 0.339 e. The number of ether oxygens (including phenoxy) is 1. The molecule has 6 heteroatoms. The number of halogens is 1. The van der Waals surface area contributed by atoms with Gasteiger partial charge in [-0.15, -0.1) is 0 Å². The van der Waals surface area contributed by atoms with Crippen molar-refractivity contribution in [3.63, 3.8) is 0 Å². The van der Waals surface area contributed by atoms with E-state index in [4.69, 9.17) is 20.8 Å². The summed E-state index contributed by atoms with van der Waals surface area (Å²) in [5.74, 6) is 0.553. The van der Waals surface area contributed by atoms with E-state index in [2.05, 4.69) is 4.98 Å². The second-order valence-corrected chi connectivity index (χ2v) is 7.16. The number of para-hydroxylation sites is 1. The molecule has 1 N–H and O–H groups in total. The molecule has 0 fully saturated rings. The number of carboxylic acid groups (broad SMARTS) is 1. The summed E-state index contributed by atoms with van der Waals surface area (Å²) in [5, 5.41) is 9.87. The Labute approximate surface area is 178 Å². The molecule has 0 saturated heterocycles. The predicted molar refractivity (Wildman–Crippen MR) is 115 cm³/mol. The number of aromatic carboxylic acids is 1. The summed E-state index contributed by atoms with van der Waals surface area (Å²) in [6, 6.07) is 21.7. The lowest BCUT2D eigenvalue weighted by Gasteiger charge is -2.09. The fraction of sp³-hybridized carbons (Fsp3) is 0.0833. The molecule has 0 spiro atoms. The van der Waals surface area contributed by atoms with Crippen molar-refractivity contribution in [1.29, 1.82) is 0 Å². The first-order valence-corrected chi connectivity index (χ1v) is 9.67. The molecule has 30 heavy (non-hydrogen) atoms. The number of aromatic nitrogens is 1. The van der Waals surface area contributed by atoms with Crippen molar-refractivity contribution in [1.82, 2.24) is 4.98 Å². The van der Waals surface area contributed by atoms with Crippen LogP contribution in [0.3, 0.4) is 0 Å². The van der Waals surface area contributed by atoms with E-state index in [1.165, 1.54) is 6.07 Å². The van der Waals surface area contributed by atoms with Crippen molar-refractivity contribution in [2.45, 2.75) is 13.5 Å². The summed E-state index contributed by atoms with van der Waals surface area (Å²) >= 11 is 6.06. The quantitative estimate of drug-likeness (QED) is 0.400. The maximum Gasteiger partial charge on any atom is 0.339 e. The molecule has 0 aliphatic heterocycles. The zero-order chi connectivity index (χ0) is 21.1. The third kappa shape index (κ3) is 4.21. The van der Waals surface area contributed by atoms with Crippen molar-refractivity contribution >= 4 is 17.6 Å². The Balaban J connectivity index is 1.51. The summed E-state index contributed by atoms with van der Waals surface area (Å²) in [6.07, 6.45) is 0. The molecule has 0 aliphatic carbocycles. The minimum atomic E-state index is -1.02. The molecule has 0 bridgehead atoms. The van der Waals surface area contributed by atoms with Crippen LogP contribution in [-0.4, -0.2) is 16.1 Å². The Morgan fingerprint density at radius 3 is 2.53 bits per heavy atom. The summed E-state index contributed by atoms with van der Waals surface area (Å²) in [6.45, 7) is 2.13. The van der Waals surface area contributed by atoms with E-state index >= 15 is 0 Å². The van der Waals surface area contributed by atoms with Gasteiger partial charge in [0.25, 0.3) is 0 Å². The van der Waals surface area contributed by atoms with Gasteiger partial charge in [-0.05, 0) is 42.8 Å². The highest BCUT2D eigenvalue weighted by atomic mass is 35.5. The Bertz CT molecular complexity index is 1200. The van der Waals surface area contributed by atoms with Gasteiger partial charge in [0.2, 0.25) is 5.89 Å². The second kappa shape index (κ2) is 8.43. The highest BCUT2D eigenvalue weighted by molar-refractivity contribution is 6.30. The summed E-state index contributed by atoms with van der Waals surface area (Å²) in [4.78, 5) is 15.9. The topological polar surface area (TPSA) is 72.6 Å². The molecule has 0 unspecified atom stereocenters. The number of aryl methyl sites for hydroxylation is 1. The van der Waals surface area contributed by atoms with Gasteiger partial charge in [0.1, 0.15) is 29.4 Å². The Morgan fingerprint density at radius 2 is 1.80 bits per heavy atom. The number of nitrogens with zero attached hydrogens (tertiary/aromatic N) is 1. The van der Waals surface area contributed by atoms with E-state index < -0.39 is 5.97 Å². The highest BCUT2D eigenvalue weighted by Gasteiger charge is 2.14. The van der Waals surface area contributed by atoms with Crippen LogP contribution in [0.2, 0.25) is 5.02 Å². The molecule has 0 atom stereocenters. The highest BCUT2D eigenvalue weighted by Crippen LogP contribution is 2.30. The predicted octanol–water partition coefficient (Wildman–Crippen LogP) is 6.25. The van der Waals surface area contributed by atoms with Crippen molar-refractivity contribution < 1.29 is 19.1 Å². The van der Waals surface area contributed by atoms with Crippen LogP contribution in [0.1, 0.15) is 21.7 Å². The van der Waals surface area contributed by atoms with Gasteiger partial charge >= 0.3 is 5.97 Å². The SMILES string of the molecule is Cc1oc(-c2cccc(Cl)c2)nc1-c1ccc(COc2ccccc2C(=O)O)cc1. The maximum atomic E-state index is 11.3. The van der Waals surface area contributed by atoms with Crippen LogP contribution in [0.4, 0.5) is 0 Å². The first-order chi connectivity index (χ1) is 14.5. The van der Waals surface area contributed by atoms with Crippen molar-refractivity contribution in [2.24, 2.45) is 0 Å². The molecule has 1 heterocycles. The number of rotatable bonds is 6. The minimum absolute atomic E-state index is 0.140. The summed E-state index contributed by atoms with van der Waals surface area (Å²) in [7, 11) is 0. The fourth-order valence-electron chi connectivity index (χ4n) is 3.10. The summed E-state index contributed by atoms with van der Waals surface area (Å²) in [5.41, 5.74) is 3.54. The lowest BCUT2D eigenvalue weighted by molar-refractivity contribution is 0.0691. The Morgan fingerprint density at radius 1 is 1.03 bits per heavy atom. The van der Waals surface area contributed by atoms with Crippen LogP contribution >= 0.6 is 11.6 Å². The van der Waals surface area contributed by atoms with E-state index in [0.717, 1.165) is 22.4 Å². The third-order valence-electron chi connectivity index (χ3n) is 4.61. The van der Waals surface area contributed by atoms with Crippen LogP contribution < -0.4 is 4.74 Å². The van der Waals surface area contributed by atoms with Gasteiger partial charge in [0.05, 0.1) is 0 Å². The Kier molecular flexibility index (Phi) is 5.55. The average Bonchev–Trinajstić information content (AvgIpc) is 3.14. The van der Waals surface area contributed by atoms with E-state index in [1.807, 2.05) is 49.4 Å². The molecule has 0 radical (unpaired) electrons. The van der Waals surface area contributed by atoms with Crippen molar-refractivity contribution in [3.8, 4) is 28.5 Å². The molecule has 4 aromatic rings. The van der Waals surface area contributed by atoms with E-state index in [-0.39, 0.29) is 12.2 Å². The number of carboxylic acids is 1. The van der Waals surface area contributed by atoms with E-state index in [0.29, 0.717) is 22.4 Å². The number of carbonyl (C=O) groups is 1. The van der Waals surface area contributed by atoms with Crippen LogP contribution in [0, 0.1) is 6.92 Å². The maximum absolute atomic E-state index is 11.3. The monoisotopic (exact) mass is 419 g/mol. The zero-order valence-electron chi connectivity index (χ0n) is 16.1. The van der Waals surface area contributed by atoms with Crippen LogP contribution in [0.5, 0.6) is 5.75 Å². The number of hydrogen-bond acceptors (Lipinski definition) is 4. The zero-order valence-corrected chi connectivity index (χ0v) is 16.9. The second-order valence-electron chi connectivity index (χ2n) is 6.72. The van der Waals surface area contributed by atoms with Crippen LogP contribution in [-0.2, 0) is 6.61 Å². The fourth-order valence-corrected chi connectivity index (χ4v) is 3.29. The van der Waals surface area contributed by atoms with Gasteiger partial charge in [0, 0.05) is 16.1 Å². The molecule has 1 aromatic heterocycles. The molecule has 150 valence electrons. The average molecular weight is 420 g/mol. The summed E-state index contributed by atoms with van der Waals surface area (Å²) < 4.78 is 11.5. The number of hydrogen-bond donors (Lipinski definition) is 1. The number of benzene rings is 3. The lowest BCUT2D eigenvalue weighted by Crippen LogP contribution is -2.03. The first kappa shape index (κ1) is 19.7. The Hall–Kier alpha value is -3.57. The van der Waals surface area contributed by atoms with Gasteiger partial charge < -0.3 is 14.3 Å². The largest absolute Gasteiger partial charge is 0.488 e. The standard InChI is InChI=1S/C24H18ClNO4/c1-15-22(26-23(30-15)18-5-4-6-19(25)13-18)17-11-9-16(10-12-17)14-29-21-8-3-2-7-20(21)24(27)28/h2-13H,14H2,1H3,(H,27,28). The molecule has 5 nitrogen and oxygen atoms in total. The molecule has 0 amide bonds. The lowest BCUT2D eigenvalue weighted by atomic mass is 10.1. The third-order valence-corrected chi connectivity index (χ3v) is 4.84. The van der Waals surface area contributed by atoms with Gasteiger partial charge in [-0.1, -0.05) is 54.1 Å². The van der Waals surface area contributed by atoms with Gasteiger partial charge in [-0.3, -0.25) is 0 Å². The molecule has 0 saturated carbocycles. The van der Waals surface area contributed by atoms with Gasteiger partial charge in [0.15, 0.2) is 0 Å². The van der Waals surface area contributed by atoms with Crippen LogP contribution in [0.25, 0.3) is 22.7 Å². The minimum Gasteiger partial charge on any atom is -0.488 e. The number of oxazole rings is 1. The molecular weight excluding hydrogens is 402 g/mol. The normalized spacial score (nSPS) is 10.7. The van der Waals surface area contributed by atoms with E-state index in [1.54, 1.807) is 24.3 Å². The molecule has 3 aromatic carbocycles. The molecule has 0 aliphatic rings. The molecular formula is C24H18ClNO4. The van der Waals surface area contributed by atoms with Crippen molar-refractivity contribution in [3.05, 3.63) is 94.7 Å². The molecule has 4 rings (SSSR count). The van der Waals surface area contributed by atoms with Gasteiger partial charge in [-0.2, -0.15) is 0 Å². The van der Waals surface area contributed by atoms with Gasteiger partial charge in [-0.25, -0.2) is 9.78 Å². The first-order valence-electron chi connectivity index (χ1n) is 9.29. The van der Waals surface area contributed by atoms with Crippen molar-refractivity contribution in [2.75, 3.05) is 0 Å².